The number of fused-ring (bicyclic) bond motifs is 13. The number of halogens is 3. The number of benzene rings is 3. The van der Waals surface area contributed by atoms with Crippen LogP contribution in [0.2, 0.25) is 0 Å². The average molecular weight is 1120 g/mol. The first-order chi connectivity index (χ1) is 37.6. The van der Waals surface area contributed by atoms with Gasteiger partial charge >= 0.3 is 17.9 Å². The Morgan fingerprint density at radius 1 is 0.963 bits per heavy atom. The fourth-order valence-corrected chi connectivity index (χ4v) is 11.7. The van der Waals surface area contributed by atoms with Crippen molar-refractivity contribution >= 4 is 51.4 Å². The molecule has 0 aromatic heterocycles. The van der Waals surface area contributed by atoms with Gasteiger partial charge in [-0.1, -0.05) is 59.8 Å². The molecular formula is C58H75F3N8O11. The number of alkyl halides is 3. The summed E-state index contributed by atoms with van der Waals surface area (Å²) in [6, 6.07) is 2.54. The molecule has 8 atom stereocenters. The lowest BCUT2D eigenvalue weighted by Crippen LogP contribution is -2.50. The van der Waals surface area contributed by atoms with Crippen LogP contribution in [0.3, 0.4) is 0 Å². The minimum absolute atomic E-state index is 0.00302. The summed E-state index contributed by atoms with van der Waals surface area (Å²) >= 11 is 0. The molecule has 0 radical (unpaired) electrons. The van der Waals surface area contributed by atoms with E-state index < -0.39 is 107 Å². The van der Waals surface area contributed by atoms with Crippen molar-refractivity contribution in [3.63, 3.8) is 0 Å². The van der Waals surface area contributed by atoms with E-state index in [0.717, 1.165) is 18.7 Å². The summed E-state index contributed by atoms with van der Waals surface area (Å²) in [5.74, 6) is -1.62. The summed E-state index contributed by atoms with van der Waals surface area (Å²) in [6.45, 7) is 18.2. The number of hydrogen-bond donors (Lipinski definition) is 7. The number of ether oxygens (including phenoxy) is 3. The number of allylic oxidation sites excluding steroid dienone is 3. The van der Waals surface area contributed by atoms with Crippen LogP contribution in [0.4, 0.5) is 30.2 Å². The van der Waals surface area contributed by atoms with Gasteiger partial charge in [0.2, 0.25) is 5.91 Å². The maximum atomic E-state index is 14.9. The molecule has 9 rings (SSSR count). The van der Waals surface area contributed by atoms with Crippen LogP contribution in [0.25, 0.3) is 10.8 Å². The van der Waals surface area contributed by atoms with Crippen molar-refractivity contribution in [1.29, 1.82) is 0 Å². The lowest BCUT2D eigenvalue weighted by molar-refractivity contribution is -0.162. The number of ketones is 1. The van der Waals surface area contributed by atoms with Gasteiger partial charge in [-0.25, -0.2) is 5.84 Å². The zero-order valence-corrected chi connectivity index (χ0v) is 46.8. The number of rotatable bonds is 7. The second-order valence-electron chi connectivity index (χ2n) is 23.0. The van der Waals surface area contributed by atoms with Gasteiger partial charge in [0.25, 0.3) is 11.7 Å². The van der Waals surface area contributed by atoms with E-state index in [1.165, 1.54) is 42.2 Å². The van der Waals surface area contributed by atoms with Gasteiger partial charge in [-0.2, -0.15) is 13.2 Å². The first-order valence-electron chi connectivity index (χ1n) is 27.4. The number of hydrazine groups is 1. The summed E-state index contributed by atoms with van der Waals surface area (Å²) in [4.78, 5) is 70.5. The number of amides is 2. The Bertz CT molecular complexity index is 3150. The molecule has 2 saturated heterocycles. The molecule has 6 aliphatic rings. The first-order valence-corrected chi connectivity index (χ1v) is 27.4. The van der Waals surface area contributed by atoms with Crippen LogP contribution in [-0.4, -0.2) is 122 Å². The lowest BCUT2D eigenvalue weighted by Gasteiger charge is -2.38. The topological polar surface area (TPSA) is 275 Å². The summed E-state index contributed by atoms with van der Waals surface area (Å²) in [5.41, 5.74) is 4.33. The van der Waals surface area contributed by atoms with Crippen LogP contribution in [0, 0.1) is 36.5 Å². The van der Waals surface area contributed by atoms with Crippen molar-refractivity contribution in [3.05, 3.63) is 81.7 Å². The van der Waals surface area contributed by atoms with Crippen molar-refractivity contribution in [3.8, 4) is 17.2 Å². The number of aliphatic hydroxyl groups is 2. The van der Waals surface area contributed by atoms with E-state index in [-0.39, 0.29) is 86.6 Å². The number of aliphatic hydroxyl groups excluding tert-OH is 2. The van der Waals surface area contributed by atoms with Crippen molar-refractivity contribution in [2.75, 3.05) is 48.8 Å². The molecule has 22 heteroatoms. The lowest BCUT2D eigenvalue weighted by atomic mass is 9.79. The molecular weight excluding hydrogens is 1040 g/mol. The molecule has 5 bridgehead atoms. The summed E-state index contributed by atoms with van der Waals surface area (Å²) in [6.07, 6.45) is 0.773. The third-order valence-corrected chi connectivity index (χ3v) is 16.6. The van der Waals surface area contributed by atoms with Gasteiger partial charge in [-0.3, -0.25) is 29.2 Å². The number of Topliss-reactive ketones (excluding diaryl/α,β-unsaturated/α-hetero) is 1. The number of phenols is 2. The number of nitrogens with two attached hydrogens (primary N) is 2. The highest BCUT2D eigenvalue weighted by molar-refractivity contribution is 6.19. The molecule has 0 saturated carbocycles. The number of aromatic hydroxyl groups is 2. The van der Waals surface area contributed by atoms with Crippen molar-refractivity contribution in [2.24, 2.45) is 45.4 Å². The number of carbonyl (C=O) groups is 4. The quantitative estimate of drug-likeness (QED) is 0.0334. The monoisotopic (exact) mass is 1120 g/mol. The number of carbonyl (C=O) groups excluding carboxylic acids is 4. The average Bonchev–Trinajstić information content (AvgIpc) is 4.07. The van der Waals surface area contributed by atoms with Crippen LogP contribution in [0.5, 0.6) is 17.2 Å². The Labute approximate surface area is 462 Å². The zero-order valence-electron chi connectivity index (χ0n) is 46.8. The van der Waals surface area contributed by atoms with Gasteiger partial charge in [0.15, 0.2) is 11.4 Å². The fourth-order valence-electron chi connectivity index (χ4n) is 11.7. The molecule has 2 fully saturated rings. The molecule has 3 aromatic carbocycles. The summed E-state index contributed by atoms with van der Waals surface area (Å²) in [5, 5.41) is 52.1. The van der Waals surface area contributed by atoms with Crippen LogP contribution in [-0.2, 0) is 30.0 Å². The molecule has 1 spiro atoms. The Balaban J connectivity index is 1.07. The molecule has 19 nitrogen and oxygen atoms in total. The Morgan fingerprint density at radius 3 is 2.26 bits per heavy atom. The Hall–Kier alpha value is -6.75. The highest BCUT2D eigenvalue weighted by Gasteiger charge is 2.50. The minimum Gasteiger partial charge on any atom is -0.507 e. The molecule has 9 N–H and O–H groups in total. The van der Waals surface area contributed by atoms with Gasteiger partial charge in [-0.15, -0.1) is 0 Å². The number of nitrogen functional groups attached to an aromatic ring is 1. The number of anilines is 3. The van der Waals surface area contributed by atoms with Gasteiger partial charge in [0.05, 0.1) is 51.7 Å². The number of phenolic OH excluding ortho intramolecular Hbond substituents is 2. The molecule has 6 aliphatic heterocycles. The Kier molecular flexibility index (Phi) is 17.1. The number of hydrogen-bond acceptors (Lipinski definition) is 17. The van der Waals surface area contributed by atoms with E-state index >= 15 is 0 Å². The molecule has 434 valence electrons. The van der Waals surface area contributed by atoms with E-state index in [0.29, 0.717) is 44.7 Å². The normalized spacial score (nSPS) is 28.3. The number of likely N-dealkylation sites (tertiary alicyclic amines) is 2. The zero-order chi connectivity index (χ0) is 58.5. The van der Waals surface area contributed by atoms with E-state index in [2.05, 4.69) is 24.1 Å². The highest BCUT2D eigenvalue weighted by Crippen LogP contribution is 2.50. The highest BCUT2D eigenvalue weighted by atomic mass is 19.4. The molecule has 3 aromatic rings. The maximum Gasteiger partial charge on any atom is 0.416 e. The molecule has 0 aliphatic carbocycles. The van der Waals surface area contributed by atoms with Gasteiger partial charge in [0.1, 0.15) is 35.1 Å². The van der Waals surface area contributed by atoms with Crippen molar-refractivity contribution in [2.45, 2.75) is 143 Å². The number of nitrogens with one attached hydrogen (secondary N) is 1. The van der Waals surface area contributed by atoms with Crippen LogP contribution in [0.1, 0.15) is 115 Å². The second-order valence-corrected chi connectivity index (χ2v) is 23.0. The van der Waals surface area contributed by atoms with Gasteiger partial charge < -0.3 is 60.5 Å². The van der Waals surface area contributed by atoms with Crippen LogP contribution in [0.15, 0.2) is 64.3 Å². The maximum absolute atomic E-state index is 14.9. The second kappa shape index (κ2) is 23.0. The molecule has 2 amide bonds. The van der Waals surface area contributed by atoms with E-state index in [1.54, 1.807) is 52.8 Å². The van der Waals surface area contributed by atoms with Crippen LogP contribution < -0.4 is 37.4 Å². The first kappa shape index (κ1) is 59.4. The van der Waals surface area contributed by atoms with E-state index in [9.17, 15) is 52.8 Å². The van der Waals surface area contributed by atoms with Gasteiger partial charge in [0, 0.05) is 92.8 Å². The molecule has 6 heterocycles. The third kappa shape index (κ3) is 11.7. The predicted octanol–water partition coefficient (Wildman–Crippen LogP) is 6.47. The van der Waals surface area contributed by atoms with Crippen molar-refractivity contribution in [1.82, 2.24) is 9.80 Å². The minimum atomic E-state index is -4.59. The smallest absolute Gasteiger partial charge is 0.416 e. The molecule has 80 heavy (non-hydrogen) atoms. The SMILES string of the molecule is C/C1=C/C=C/C(C)[C@H](O)[C@@H](C)C(O)[C@@H](C)C(OC(=O)CC(=O)N2CCC(N(N)c3ccc(C(F)(F)F)cc3N)CC2)[C@H](C)C/C=C/O[C@@]2(C)Oc3c(C)c(O)c4c(O)c(c5c(c4c3C2=O)=NC2(CCN(CC(C)C)CC2)N=5)NC1=O. The number of nitrogens with zero attached hydrogens (tertiary/aromatic N) is 5. The van der Waals surface area contributed by atoms with Gasteiger partial charge in [-0.05, 0) is 69.2 Å². The van der Waals surface area contributed by atoms with E-state index in [1.807, 2.05) is 0 Å². The Morgan fingerprint density at radius 2 is 1.62 bits per heavy atom. The summed E-state index contributed by atoms with van der Waals surface area (Å²) < 4.78 is 58.4. The largest absolute Gasteiger partial charge is 0.507 e. The summed E-state index contributed by atoms with van der Waals surface area (Å²) in [7, 11) is 0. The van der Waals surface area contributed by atoms with Crippen LogP contribution >= 0.6 is 0 Å². The molecule has 3 unspecified atom stereocenters. The standard InChI is InChI=1S/C58H75F3N8O11/c1-29(2)28-67-23-19-57(20-24-67)65-45-42-43-50(74)35(8)53-44(42)54(76)56(9,80-53)78-25-11-14-31(4)52(34(7)49(73)33(6)48(72)30(3)12-10-13-32(5)55(77)64-47(51(43)75)46(45)66-57)79-41(71)27-40(70)68-21-17-37(18-22-68)69(63)39-16-15-36(26-38(39)62)58(59,60)61/h10-13,15-16,25-26,29-31,33-34,37,48-49,52,72-75H,14,17-24,27-28,62-63H2,1-9H3,(H,64,77)/b12-10+,25-11+,32-13-/t30?,31-,33-,34-,48+,49?,52?,56+/m1/s1. The van der Waals surface area contributed by atoms with E-state index in [4.69, 9.17) is 35.8 Å². The third-order valence-electron chi connectivity index (χ3n) is 16.6. The predicted molar refractivity (Wildman–Crippen MR) is 293 cm³/mol. The number of piperidine rings is 2. The number of esters is 1. The van der Waals surface area contributed by atoms with Crippen molar-refractivity contribution < 1.29 is 67.0 Å². The fraction of sp³-hybridized carbons (Fsp3) is 0.552.